The van der Waals surface area contributed by atoms with Gasteiger partial charge in [-0.05, 0) is 35.7 Å². The third kappa shape index (κ3) is 6.41. The maximum Gasteiger partial charge on any atom is 0.160 e. The minimum Gasteiger partial charge on any atom is -0.463 e. The first-order chi connectivity index (χ1) is 18.3. The average Bonchev–Trinajstić information content (AvgIpc) is 3.50. The number of hydrogen-bond acceptors (Lipinski definition) is 4. The van der Waals surface area contributed by atoms with Gasteiger partial charge in [-0.15, -0.1) is 0 Å². The summed E-state index contributed by atoms with van der Waals surface area (Å²) < 4.78 is 5.77. The van der Waals surface area contributed by atoms with Gasteiger partial charge in [0.15, 0.2) is 11.6 Å². The van der Waals surface area contributed by atoms with E-state index in [0.29, 0.717) is 0 Å². The zero-order chi connectivity index (χ0) is 25.3. The van der Waals surface area contributed by atoms with Crippen LogP contribution >= 0.6 is 0 Å². The van der Waals surface area contributed by atoms with Crippen molar-refractivity contribution in [1.82, 2.24) is 14.9 Å². The van der Waals surface area contributed by atoms with Crippen LogP contribution in [0.1, 0.15) is 49.0 Å². The average molecular weight is 488 g/mol. The highest BCUT2D eigenvalue weighted by atomic mass is 16.3. The van der Waals surface area contributed by atoms with Crippen molar-refractivity contribution in [2.45, 2.75) is 45.3 Å². The van der Waals surface area contributed by atoms with Gasteiger partial charge in [0.25, 0.3) is 0 Å². The largest absolute Gasteiger partial charge is 0.463 e. The van der Waals surface area contributed by atoms with Crippen molar-refractivity contribution >= 4 is 0 Å². The topological polar surface area (TPSA) is 42.2 Å². The molecule has 0 saturated carbocycles. The lowest BCUT2D eigenvalue weighted by molar-refractivity contribution is 0.163. The van der Waals surface area contributed by atoms with Crippen LogP contribution in [0.2, 0.25) is 0 Å². The summed E-state index contributed by atoms with van der Waals surface area (Å²) in [6.45, 7) is 3.93. The zero-order valence-electron chi connectivity index (χ0n) is 21.3. The fourth-order valence-electron chi connectivity index (χ4n) is 4.73. The first-order valence-electron chi connectivity index (χ1n) is 13.1. The normalized spacial score (nSPS) is 12.1. The van der Waals surface area contributed by atoms with E-state index in [-0.39, 0.29) is 6.04 Å². The molecule has 4 heteroatoms. The summed E-state index contributed by atoms with van der Waals surface area (Å²) in [5, 5.41) is 0. The van der Waals surface area contributed by atoms with Gasteiger partial charge in [-0.1, -0.05) is 111 Å². The van der Waals surface area contributed by atoms with Crippen LogP contribution in [-0.4, -0.2) is 14.9 Å². The number of unbranched alkanes of at least 4 members (excludes halogenated alkanes) is 1. The molecular formula is C33H33N3O. The quantitative estimate of drug-likeness (QED) is 0.188. The maximum absolute atomic E-state index is 5.77. The van der Waals surface area contributed by atoms with Gasteiger partial charge in [0.05, 0.1) is 18.0 Å². The molecular weight excluding hydrogens is 454 g/mol. The number of hydrogen-bond donors (Lipinski definition) is 0. The minimum absolute atomic E-state index is 0.125. The zero-order valence-corrected chi connectivity index (χ0v) is 21.3. The summed E-state index contributed by atoms with van der Waals surface area (Å²) in [5.74, 6) is 1.48. The number of nitrogens with zero attached hydrogens (tertiary/aromatic N) is 3. The summed E-state index contributed by atoms with van der Waals surface area (Å²) in [7, 11) is 0. The molecule has 0 N–H and O–H groups in total. The first-order valence-corrected chi connectivity index (χ1v) is 13.1. The van der Waals surface area contributed by atoms with Crippen molar-refractivity contribution in [1.29, 1.82) is 0 Å². The van der Waals surface area contributed by atoms with E-state index in [1.807, 2.05) is 30.3 Å². The van der Waals surface area contributed by atoms with Crippen molar-refractivity contribution < 1.29 is 4.42 Å². The molecule has 0 fully saturated rings. The molecule has 2 aromatic heterocycles. The van der Waals surface area contributed by atoms with Crippen LogP contribution in [0.4, 0.5) is 0 Å². The Labute approximate surface area is 219 Å². The summed E-state index contributed by atoms with van der Waals surface area (Å²) >= 11 is 0. The Kier molecular flexibility index (Phi) is 8.19. The smallest absolute Gasteiger partial charge is 0.160 e. The van der Waals surface area contributed by atoms with E-state index in [1.54, 1.807) is 6.26 Å². The van der Waals surface area contributed by atoms with Gasteiger partial charge in [0.1, 0.15) is 5.69 Å². The lowest BCUT2D eigenvalue weighted by Gasteiger charge is -2.32. The summed E-state index contributed by atoms with van der Waals surface area (Å²) in [5.41, 5.74) is 5.44. The van der Waals surface area contributed by atoms with Crippen molar-refractivity contribution in [3.63, 3.8) is 0 Å². The third-order valence-corrected chi connectivity index (χ3v) is 6.62. The van der Waals surface area contributed by atoms with Crippen LogP contribution in [-0.2, 0) is 13.1 Å². The number of aromatic nitrogens is 2. The highest BCUT2D eigenvalue weighted by molar-refractivity contribution is 5.61. The Balaban J connectivity index is 1.61. The van der Waals surface area contributed by atoms with Gasteiger partial charge in [-0.2, -0.15) is 0 Å². The summed E-state index contributed by atoms with van der Waals surface area (Å²) in [6.07, 6.45) is 4.96. The first kappa shape index (κ1) is 24.7. The lowest BCUT2D eigenvalue weighted by Crippen LogP contribution is -2.29. The molecule has 1 atom stereocenters. The molecule has 0 unspecified atom stereocenters. The molecule has 0 aliphatic carbocycles. The second-order valence-corrected chi connectivity index (χ2v) is 9.38. The van der Waals surface area contributed by atoms with E-state index in [4.69, 9.17) is 14.4 Å². The number of benzene rings is 3. The molecule has 2 heterocycles. The molecule has 0 bridgehead atoms. The summed E-state index contributed by atoms with van der Waals surface area (Å²) in [4.78, 5) is 12.6. The highest BCUT2D eigenvalue weighted by Gasteiger charge is 2.24. The van der Waals surface area contributed by atoms with Crippen LogP contribution in [0.3, 0.4) is 0 Å². The standard InChI is InChI=1S/C33H33N3O/c1-2-3-20-31(36(24-26-14-7-4-8-15-26)25-27-16-9-5-10-17-27)29-23-30(32-21-13-22-37-32)35-33(34-29)28-18-11-6-12-19-28/h4-19,21-23,31H,2-3,20,24-25H2,1H3/t31-/m0/s1. The van der Waals surface area contributed by atoms with Crippen LogP contribution in [0.15, 0.2) is 120 Å². The van der Waals surface area contributed by atoms with Crippen molar-refractivity contribution in [3.8, 4) is 22.8 Å². The van der Waals surface area contributed by atoms with Crippen molar-refractivity contribution in [3.05, 3.63) is 132 Å². The van der Waals surface area contributed by atoms with E-state index in [0.717, 1.165) is 60.9 Å². The van der Waals surface area contributed by atoms with Gasteiger partial charge in [0.2, 0.25) is 0 Å². The van der Waals surface area contributed by atoms with Gasteiger partial charge in [-0.25, -0.2) is 9.97 Å². The van der Waals surface area contributed by atoms with Crippen molar-refractivity contribution in [2.75, 3.05) is 0 Å². The Hall–Kier alpha value is -4.02. The van der Waals surface area contributed by atoms with Crippen LogP contribution in [0.5, 0.6) is 0 Å². The molecule has 0 radical (unpaired) electrons. The van der Waals surface area contributed by atoms with E-state index < -0.39 is 0 Å². The second-order valence-electron chi connectivity index (χ2n) is 9.38. The van der Waals surface area contributed by atoms with Crippen LogP contribution in [0.25, 0.3) is 22.8 Å². The number of furan rings is 1. The molecule has 0 aliphatic heterocycles. The predicted molar refractivity (Wildman–Crippen MR) is 150 cm³/mol. The monoisotopic (exact) mass is 487 g/mol. The van der Waals surface area contributed by atoms with E-state index in [9.17, 15) is 0 Å². The lowest BCUT2D eigenvalue weighted by atomic mass is 10.0. The van der Waals surface area contributed by atoms with Crippen LogP contribution in [0, 0.1) is 0 Å². The molecule has 186 valence electrons. The van der Waals surface area contributed by atoms with Crippen molar-refractivity contribution in [2.24, 2.45) is 0 Å². The SMILES string of the molecule is CCCC[C@@H](c1cc(-c2ccco2)nc(-c2ccccc2)n1)N(Cc1ccccc1)Cc1ccccc1. The molecule has 0 amide bonds. The Morgan fingerprint density at radius 2 is 1.35 bits per heavy atom. The highest BCUT2D eigenvalue weighted by Crippen LogP contribution is 2.32. The number of rotatable bonds is 11. The van der Waals surface area contributed by atoms with Gasteiger partial charge in [-0.3, -0.25) is 4.90 Å². The van der Waals surface area contributed by atoms with E-state index >= 15 is 0 Å². The second kappa shape index (κ2) is 12.3. The summed E-state index contributed by atoms with van der Waals surface area (Å²) in [6, 6.07) is 37.8. The van der Waals surface area contributed by atoms with E-state index in [1.165, 1.54) is 11.1 Å². The Morgan fingerprint density at radius 1 is 0.730 bits per heavy atom. The third-order valence-electron chi connectivity index (χ3n) is 6.62. The molecule has 5 aromatic rings. The predicted octanol–water partition coefficient (Wildman–Crippen LogP) is 8.34. The molecule has 0 spiro atoms. The maximum atomic E-state index is 5.77. The molecule has 0 aliphatic rings. The van der Waals surface area contributed by atoms with E-state index in [2.05, 4.69) is 90.7 Å². The van der Waals surface area contributed by atoms with Gasteiger partial charge < -0.3 is 4.42 Å². The van der Waals surface area contributed by atoms with Gasteiger partial charge >= 0.3 is 0 Å². The Bertz CT molecular complexity index is 1310. The molecule has 37 heavy (non-hydrogen) atoms. The molecule has 4 nitrogen and oxygen atoms in total. The molecule has 5 rings (SSSR count). The van der Waals surface area contributed by atoms with Gasteiger partial charge in [0, 0.05) is 18.7 Å². The van der Waals surface area contributed by atoms with Crippen LogP contribution < -0.4 is 0 Å². The Morgan fingerprint density at radius 3 is 1.92 bits per heavy atom. The molecule has 0 saturated heterocycles. The fourth-order valence-corrected chi connectivity index (χ4v) is 4.73. The minimum atomic E-state index is 0.125. The molecule has 3 aromatic carbocycles. The fraction of sp³-hybridized carbons (Fsp3) is 0.212.